The van der Waals surface area contributed by atoms with Gasteiger partial charge in [0.25, 0.3) is 0 Å². The van der Waals surface area contributed by atoms with Gasteiger partial charge in [-0.05, 0) is 53.4 Å². The van der Waals surface area contributed by atoms with Gasteiger partial charge in [0.2, 0.25) is 0 Å². The van der Waals surface area contributed by atoms with Gasteiger partial charge in [-0.3, -0.25) is 0 Å². The zero-order valence-corrected chi connectivity index (χ0v) is 15.9. The summed E-state index contributed by atoms with van der Waals surface area (Å²) in [6.45, 7) is 4.86. The van der Waals surface area contributed by atoms with Crippen LogP contribution in [0.4, 0.5) is 11.4 Å². The number of benzene rings is 3. The summed E-state index contributed by atoms with van der Waals surface area (Å²) in [6.07, 6.45) is 0. The molecule has 0 bridgehead atoms. The Labute approximate surface area is 163 Å². The standard InChI is InChI=1S/C22H23N5O/c1-14(2)16-8-9-18(17(23)12-16)24-13-15-7-10-22(28)21(11-15)27-25-19-5-3-4-6-20(19)26-27/h3-12,14,24,28H,13,23H2,1-2H3. The van der Waals surface area contributed by atoms with E-state index in [-0.39, 0.29) is 5.75 Å². The van der Waals surface area contributed by atoms with Gasteiger partial charge in [-0.1, -0.05) is 38.1 Å². The van der Waals surface area contributed by atoms with E-state index in [0.717, 1.165) is 28.0 Å². The van der Waals surface area contributed by atoms with Gasteiger partial charge in [0.05, 0.1) is 11.4 Å². The van der Waals surface area contributed by atoms with Gasteiger partial charge in [-0.15, -0.1) is 15.0 Å². The van der Waals surface area contributed by atoms with Crippen LogP contribution in [0, 0.1) is 0 Å². The van der Waals surface area contributed by atoms with Crippen LogP contribution in [0.3, 0.4) is 0 Å². The molecule has 0 atom stereocenters. The van der Waals surface area contributed by atoms with Gasteiger partial charge in [0.15, 0.2) is 0 Å². The number of phenolic OH excluding ortho intramolecular Hbond substituents is 1. The molecule has 1 aromatic heterocycles. The first kappa shape index (κ1) is 17.9. The summed E-state index contributed by atoms with van der Waals surface area (Å²) in [4.78, 5) is 1.47. The van der Waals surface area contributed by atoms with E-state index in [0.29, 0.717) is 18.2 Å². The molecule has 0 unspecified atom stereocenters. The quantitative estimate of drug-likeness (QED) is 0.450. The molecule has 0 aliphatic carbocycles. The van der Waals surface area contributed by atoms with Crippen molar-refractivity contribution in [1.82, 2.24) is 15.0 Å². The van der Waals surface area contributed by atoms with Gasteiger partial charge < -0.3 is 16.2 Å². The minimum atomic E-state index is 0.129. The highest BCUT2D eigenvalue weighted by Gasteiger charge is 2.10. The Morgan fingerprint density at radius 3 is 2.36 bits per heavy atom. The fraction of sp³-hybridized carbons (Fsp3) is 0.182. The lowest BCUT2D eigenvalue weighted by atomic mass is 10.0. The molecular weight excluding hydrogens is 350 g/mol. The number of aromatic nitrogens is 3. The highest BCUT2D eigenvalue weighted by molar-refractivity contribution is 5.73. The second-order valence-electron chi connectivity index (χ2n) is 7.16. The van der Waals surface area contributed by atoms with Crippen molar-refractivity contribution in [3.8, 4) is 11.4 Å². The molecule has 0 aliphatic heterocycles. The van der Waals surface area contributed by atoms with E-state index in [2.05, 4.69) is 35.4 Å². The normalized spacial score (nSPS) is 11.2. The molecule has 0 spiro atoms. The van der Waals surface area contributed by atoms with Gasteiger partial charge in [-0.25, -0.2) is 0 Å². The van der Waals surface area contributed by atoms with Gasteiger partial charge in [0.1, 0.15) is 22.5 Å². The molecule has 6 nitrogen and oxygen atoms in total. The molecule has 3 aromatic carbocycles. The number of nitrogens with two attached hydrogens (primary N) is 1. The zero-order valence-electron chi connectivity index (χ0n) is 15.9. The van der Waals surface area contributed by atoms with Crippen LogP contribution in [-0.4, -0.2) is 20.1 Å². The molecule has 6 heteroatoms. The Morgan fingerprint density at radius 1 is 1.00 bits per heavy atom. The molecule has 0 amide bonds. The fourth-order valence-corrected chi connectivity index (χ4v) is 3.11. The number of nitrogens with one attached hydrogen (secondary N) is 1. The average Bonchev–Trinajstić information content (AvgIpc) is 3.12. The fourth-order valence-electron chi connectivity index (χ4n) is 3.11. The summed E-state index contributed by atoms with van der Waals surface area (Å²) in [5.74, 6) is 0.568. The number of fused-ring (bicyclic) bond motifs is 1. The van der Waals surface area contributed by atoms with E-state index >= 15 is 0 Å². The lowest BCUT2D eigenvalue weighted by molar-refractivity contribution is 0.467. The summed E-state index contributed by atoms with van der Waals surface area (Å²) < 4.78 is 0. The zero-order chi connectivity index (χ0) is 19.7. The Bertz CT molecular complexity index is 1100. The van der Waals surface area contributed by atoms with Crippen LogP contribution in [0.2, 0.25) is 0 Å². The third-order valence-electron chi connectivity index (χ3n) is 4.77. The number of nitrogen functional groups attached to an aromatic ring is 1. The minimum Gasteiger partial charge on any atom is -0.506 e. The van der Waals surface area contributed by atoms with Crippen LogP contribution in [0.15, 0.2) is 60.7 Å². The first-order valence-electron chi connectivity index (χ1n) is 9.29. The Morgan fingerprint density at radius 2 is 1.71 bits per heavy atom. The topological polar surface area (TPSA) is 89.0 Å². The molecule has 0 radical (unpaired) electrons. The molecule has 142 valence electrons. The smallest absolute Gasteiger partial charge is 0.143 e. The van der Waals surface area contributed by atoms with Crippen molar-refractivity contribution in [3.63, 3.8) is 0 Å². The van der Waals surface area contributed by atoms with Crippen molar-refractivity contribution in [3.05, 3.63) is 71.8 Å². The van der Waals surface area contributed by atoms with Crippen LogP contribution in [0.5, 0.6) is 5.75 Å². The van der Waals surface area contributed by atoms with Crippen molar-refractivity contribution in [1.29, 1.82) is 0 Å². The maximum atomic E-state index is 10.3. The van der Waals surface area contributed by atoms with E-state index in [9.17, 15) is 5.11 Å². The third-order valence-corrected chi connectivity index (χ3v) is 4.77. The summed E-state index contributed by atoms with van der Waals surface area (Å²) >= 11 is 0. The van der Waals surface area contributed by atoms with Crippen LogP contribution >= 0.6 is 0 Å². The second-order valence-corrected chi connectivity index (χ2v) is 7.16. The molecule has 4 aromatic rings. The summed E-state index contributed by atoms with van der Waals surface area (Å²) in [5, 5.41) is 22.5. The highest BCUT2D eigenvalue weighted by Crippen LogP contribution is 2.26. The van der Waals surface area contributed by atoms with E-state index < -0.39 is 0 Å². The highest BCUT2D eigenvalue weighted by atomic mass is 16.3. The SMILES string of the molecule is CC(C)c1ccc(NCc2ccc(O)c(-n3nc4ccccc4n3)c2)c(N)c1. The third kappa shape index (κ3) is 3.49. The summed E-state index contributed by atoms with van der Waals surface area (Å²) in [6, 6.07) is 19.1. The minimum absolute atomic E-state index is 0.129. The first-order valence-corrected chi connectivity index (χ1v) is 9.29. The van der Waals surface area contributed by atoms with Crippen LogP contribution < -0.4 is 11.1 Å². The molecule has 4 rings (SSSR count). The second kappa shape index (κ2) is 7.23. The van der Waals surface area contributed by atoms with E-state index in [1.165, 1.54) is 10.4 Å². The molecule has 0 fully saturated rings. The van der Waals surface area contributed by atoms with E-state index in [1.54, 1.807) is 6.07 Å². The maximum Gasteiger partial charge on any atom is 0.143 e. The van der Waals surface area contributed by atoms with Crippen molar-refractivity contribution in [2.45, 2.75) is 26.3 Å². The average molecular weight is 373 g/mol. The van der Waals surface area contributed by atoms with Crippen LogP contribution in [-0.2, 0) is 6.54 Å². The van der Waals surface area contributed by atoms with Gasteiger partial charge >= 0.3 is 0 Å². The van der Waals surface area contributed by atoms with Crippen molar-refractivity contribution >= 4 is 22.4 Å². The van der Waals surface area contributed by atoms with Crippen molar-refractivity contribution < 1.29 is 5.11 Å². The monoisotopic (exact) mass is 373 g/mol. The molecule has 4 N–H and O–H groups in total. The largest absolute Gasteiger partial charge is 0.506 e. The number of hydrogen-bond acceptors (Lipinski definition) is 5. The first-order chi connectivity index (χ1) is 13.5. The number of nitrogens with zero attached hydrogens (tertiary/aromatic N) is 3. The van der Waals surface area contributed by atoms with Crippen molar-refractivity contribution in [2.75, 3.05) is 11.1 Å². The molecule has 0 saturated carbocycles. The van der Waals surface area contributed by atoms with Crippen LogP contribution in [0.1, 0.15) is 30.9 Å². The Balaban J connectivity index is 1.57. The number of anilines is 2. The summed E-state index contributed by atoms with van der Waals surface area (Å²) in [5.41, 5.74) is 12.1. The molecule has 28 heavy (non-hydrogen) atoms. The Kier molecular flexibility index (Phi) is 4.61. The molecular formula is C22H23N5O. The molecule has 0 saturated heterocycles. The number of aromatic hydroxyl groups is 1. The van der Waals surface area contributed by atoms with E-state index in [4.69, 9.17) is 5.73 Å². The summed E-state index contributed by atoms with van der Waals surface area (Å²) in [7, 11) is 0. The number of phenols is 1. The van der Waals surface area contributed by atoms with Gasteiger partial charge in [-0.2, -0.15) is 0 Å². The number of rotatable bonds is 5. The molecule has 1 heterocycles. The van der Waals surface area contributed by atoms with Crippen molar-refractivity contribution in [2.24, 2.45) is 0 Å². The lowest BCUT2D eigenvalue weighted by Crippen LogP contribution is -2.05. The maximum absolute atomic E-state index is 10.3. The molecule has 0 aliphatic rings. The van der Waals surface area contributed by atoms with E-state index in [1.807, 2.05) is 48.5 Å². The number of hydrogen-bond donors (Lipinski definition) is 3. The predicted molar refractivity (Wildman–Crippen MR) is 113 cm³/mol. The lowest BCUT2D eigenvalue weighted by Gasteiger charge is -2.13. The predicted octanol–water partition coefficient (Wildman–Crippen LogP) is 4.44. The van der Waals surface area contributed by atoms with Gasteiger partial charge in [0, 0.05) is 6.54 Å². The Hall–Kier alpha value is -3.54. The van der Waals surface area contributed by atoms with Crippen LogP contribution in [0.25, 0.3) is 16.7 Å².